The summed E-state index contributed by atoms with van der Waals surface area (Å²) in [6.07, 6.45) is 0. The van der Waals surface area contributed by atoms with Gasteiger partial charge in [0.05, 0.1) is 0 Å². The molecule has 0 radical (unpaired) electrons. The molecule has 0 amide bonds. The summed E-state index contributed by atoms with van der Waals surface area (Å²) >= 11 is 0. The third kappa shape index (κ3) is 2.66. The average molecular weight is 343 g/mol. The Hall–Kier alpha value is -2.71. The highest BCUT2D eigenvalue weighted by atomic mass is 32.2. The van der Waals surface area contributed by atoms with Gasteiger partial charge >= 0.3 is 10.3 Å². The van der Waals surface area contributed by atoms with E-state index < -0.39 is 16.3 Å². The highest BCUT2D eigenvalue weighted by Gasteiger charge is 2.34. The van der Waals surface area contributed by atoms with Crippen LogP contribution in [0.2, 0.25) is 0 Å². The molecule has 8 heteroatoms. The van der Waals surface area contributed by atoms with E-state index in [4.69, 9.17) is 8.60 Å². The van der Waals surface area contributed by atoms with Gasteiger partial charge in [-0.15, -0.1) is 10.2 Å². The molecule has 0 bridgehead atoms. The van der Waals surface area contributed by atoms with Gasteiger partial charge in [-0.3, -0.25) is 0 Å². The Morgan fingerprint density at radius 2 is 1.79 bits per heavy atom. The second-order valence-corrected chi connectivity index (χ2v) is 6.75. The van der Waals surface area contributed by atoms with Crippen LogP contribution >= 0.6 is 0 Å². The van der Waals surface area contributed by atoms with Crippen LogP contribution in [0.15, 0.2) is 52.9 Å². The van der Waals surface area contributed by atoms with Crippen molar-refractivity contribution in [2.45, 2.75) is 13.0 Å². The Labute approximate surface area is 138 Å². The molecule has 7 nitrogen and oxygen atoms in total. The molecule has 1 atom stereocenters. The smallest absolute Gasteiger partial charge is 0.383 e. The summed E-state index contributed by atoms with van der Waals surface area (Å²) in [6.45, 7) is 1.98. The summed E-state index contributed by atoms with van der Waals surface area (Å²) in [7, 11) is -3.93. The zero-order valence-electron chi connectivity index (χ0n) is 12.6. The molecule has 122 valence electrons. The van der Waals surface area contributed by atoms with E-state index in [1.165, 1.54) is 0 Å². The Balaban J connectivity index is 1.75. The lowest BCUT2D eigenvalue weighted by Crippen LogP contribution is -2.37. The van der Waals surface area contributed by atoms with E-state index in [9.17, 15) is 8.42 Å². The van der Waals surface area contributed by atoms with Gasteiger partial charge in [0.25, 0.3) is 0 Å². The molecule has 1 aromatic heterocycles. The summed E-state index contributed by atoms with van der Waals surface area (Å²) in [5.41, 5.74) is 2.50. The Morgan fingerprint density at radius 1 is 1.04 bits per heavy atom. The van der Waals surface area contributed by atoms with Gasteiger partial charge in [-0.2, -0.15) is 13.1 Å². The SMILES string of the molecule is Cc1ccc(-c2nnc(C3NS(=O)(=O)Oc4ccccc43)o2)cc1. The van der Waals surface area contributed by atoms with Crippen LogP contribution in [-0.2, 0) is 10.3 Å². The summed E-state index contributed by atoms with van der Waals surface area (Å²) in [5, 5.41) is 8.02. The van der Waals surface area contributed by atoms with Gasteiger partial charge in [0.1, 0.15) is 11.8 Å². The number of nitrogens with one attached hydrogen (secondary N) is 1. The van der Waals surface area contributed by atoms with Crippen LogP contribution in [0.25, 0.3) is 11.5 Å². The second kappa shape index (κ2) is 5.43. The molecule has 0 fully saturated rings. The zero-order valence-corrected chi connectivity index (χ0v) is 13.4. The number of para-hydroxylation sites is 1. The van der Waals surface area contributed by atoms with E-state index in [0.29, 0.717) is 11.5 Å². The fourth-order valence-electron chi connectivity index (χ4n) is 2.49. The van der Waals surface area contributed by atoms with Crippen molar-refractivity contribution >= 4 is 10.3 Å². The number of nitrogens with zero attached hydrogens (tertiary/aromatic N) is 2. The minimum atomic E-state index is -3.93. The molecule has 24 heavy (non-hydrogen) atoms. The van der Waals surface area contributed by atoms with E-state index >= 15 is 0 Å². The predicted molar refractivity (Wildman–Crippen MR) is 85.4 cm³/mol. The van der Waals surface area contributed by atoms with Gasteiger partial charge in [-0.1, -0.05) is 35.9 Å². The van der Waals surface area contributed by atoms with E-state index in [-0.39, 0.29) is 11.6 Å². The van der Waals surface area contributed by atoms with Crippen LogP contribution in [0.3, 0.4) is 0 Å². The Kier molecular flexibility index (Phi) is 3.36. The number of rotatable bonds is 2. The molecule has 0 saturated heterocycles. The van der Waals surface area contributed by atoms with Crippen molar-refractivity contribution in [1.29, 1.82) is 0 Å². The van der Waals surface area contributed by atoms with Gasteiger partial charge < -0.3 is 8.60 Å². The lowest BCUT2D eigenvalue weighted by molar-refractivity contribution is 0.407. The van der Waals surface area contributed by atoms with Crippen LogP contribution in [0.1, 0.15) is 23.1 Å². The lowest BCUT2D eigenvalue weighted by Gasteiger charge is -2.23. The number of aromatic nitrogens is 2. The summed E-state index contributed by atoms with van der Waals surface area (Å²) in [6, 6.07) is 13.6. The molecule has 1 unspecified atom stereocenters. The molecule has 0 saturated carbocycles. The van der Waals surface area contributed by atoms with Crippen molar-refractivity contribution in [2.24, 2.45) is 0 Å². The van der Waals surface area contributed by atoms with Crippen LogP contribution in [-0.4, -0.2) is 18.6 Å². The monoisotopic (exact) mass is 343 g/mol. The normalized spacial score (nSPS) is 18.6. The number of aryl methyl sites for hydroxylation is 1. The first-order valence-corrected chi connectivity index (χ1v) is 8.64. The molecule has 2 heterocycles. The van der Waals surface area contributed by atoms with Crippen LogP contribution in [0, 0.1) is 6.92 Å². The van der Waals surface area contributed by atoms with Crippen LogP contribution < -0.4 is 8.91 Å². The van der Waals surface area contributed by atoms with Gasteiger partial charge in [0.15, 0.2) is 0 Å². The van der Waals surface area contributed by atoms with E-state index in [2.05, 4.69) is 14.9 Å². The number of fused-ring (bicyclic) bond motifs is 1. The maximum atomic E-state index is 11.9. The summed E-state index contributed by atoms with van der Waals surface area (Å²) in [5.74, 6) is 0.731. The van der Waals surface area contributed by atoms with Gasteiger partial charge in [-0.25, -0.2) is 0 Å². The molecule has 0 spiro atoms. The number of benzene rings is 2. The third-order valence-electron chi connectivity index (χ3n) is 3.68. The molecular formula is C16H13N3O4S. The maximum absolute atomic E-state index is 11.9. The molecular weight excluding hydrogens is 330 g/mol. The van der Waals surface area contributed by atoms with Crippen molar-refractivity contribution in [3.63, 3.8) is 0 Å². The van der Waals surface area contributed by atoms with Crippen LogP contribution in [0.5, 0.6) is 5.75 Å². The highest BCUT2D eigenvalue weighted by Crippen LogP contribution is 2.35. The third-order valence-corrected chi connectivity index (χ3v) is 4.60. The zero-order chi connectivity index (χ0) is 16.7. The van der Waals surface area contributed by atoms with Crippen LogP contribution in [0.4, 0.5) is 0 Å². The van der Waals surface area contributed by atoms with Crippen molar-refractivity contribution < 1.29 is 17.0 Å². The van der Waals surface area contributed by atoms with Gasteiger partial charge in [0.2, 0.25) is 11.8 Å². The fraction of sp³-hybridized carbons (Fsp3) is 0.125. The Bertz CT molecular complexity index is 996. The summed E-state index contributed by atoms with van der Waals surface area (Å²) < 4.78 is 36.8. The first kappa shape index (κ1) is 14.9. The number of hydrogen-bond donors (Lipinski definition) is 1. The molecule has 0 aliphatic carbocycles. The van der Waals surface area contributed by atoms with Gasteiger partial charge in [-0.05, 0) is 25.1 Å². The highest BCUT2D eigenvalue weighted by molar-refractivity contribution is 7.85. The first-order valence-electron chi connectivity index (χ1n) is 7.23. The lowest BCUT2D eigenvalue weighted by atomic mass is 10.1. The quantitative estimate of drug-likeness (QED) is 0.767. The second-order valence-electron chi connectivity index (χ2n) is 5.44. The molecule has 1 aliphatic rings. The van der Waals surface area contributed by atoms with Crippen molar-refractivity contribution in [3.05, 3.63) is 65.5 Å². The van der Waals surface area contributed by atoms with Gasteiger partial charge in [0, 0.05) is 11.1 Å². The minimum Gasteiger partial charge on any atom is -0.419 e. The number of hydrogen-bond acceptors (Lipinski definition) is 6. The van der Waals surface area contributed by atoms with E-state index in [1.54, 1.807) is 24.3 Å². The van der Waals surface area contributed by atoms with E-state index in [1.807, 2.05) is 31.2 Å². The molecule has 1 N–H and O–H groups in total. The van der Waals surface area contributed by atoms with E-state index in [0.717, 1.165) is 11.1 Å². The fourth-order valence-corrected chi connectivity index (χ4v) is 3.45. The van der Waals surface area contributed by atoms with Crippen molar-refractivity contribution in [3.8, 4) is 17.2 Å². The summed E-state index contributed by atoms with van der Waals surface area (Å²) in [4.78, 5) is 0. The molecule has 3 aromatic rings. The molecule has 2 aromatic carbocycles. The van der Waals surface area contributed by atoms with Crippen molar-refractivity contribution in [1.82, 2.24) is 14.9 Å². The predicted octanol–water partition coefficient (Wildman–Crippen LogP) is 2.36. The molecule has 1 aliphatic heterocycles. The molecule has 4 rings (SSSR count). The minimum absolute atomic E-state index is 0.157. The average Bonchev–Trinajstić information content (AvgIpc) is 3.04. The maximum Gasteiger partial charge on any atom is 0.383 e. The largest absolute Gasteiger partial charge is 0.419 e. The van der Waals surface area contributed by atoms with Crippen molar-refractivity contribution in [2.75, 3.05) is 0 Å². The first-order chi connectivity index (χ1) is 11.5. The standard InChI is InChI=1S/C16H13N3O4S/c1-10-6-8-11(9-7-10)15-17-18-16(22-15)14-12-4-2-3-5-13(12)23-24(20,21)19-14/h2-9,14,19H,1H3. The Morgan fingerprint density at radius 3 is 2.58 bits per heavy atom. The topological polar surface area (TPSA) is 94.3 Å².